The molecule has 2 N–H and O–H groups in total. The SMILES string of the molecule is [2H]C1=C2C([2H])([2H])C[C@@H]3[C@H]([C@@H](O)C[C@@]4(C=O)[C@H]3CC[C@]4([2H])C(=O)C([2H])([2H])O)[C@@]2(C)CC([2H])([2H])C1=O. The minimum Gasteiger partial charge on any atom is -0.393 e. The van der Waals surface area contributed by atoms with Gasteiger partial charge in [-0.15, -0.1) is 0 Å². The van der Waals surface area contributed by atoms with Crippen molar-refractivity contribution in [3.8, 4) is 0 Å². The number of aldehydes is 1. The van der Waals surface area contributed by atoms with E-state index in [1.54, 1.807) is 0 Å². The molecule has 0 radical (unpaired) electrons. The predicted molar refractivity (Wildman–Crippen MR) is 94.1 cm³/mol. The number of ketones is 2. The molecule has 0 aromatic rings. The molecule has 7 atom stereocenters. The molecule has 3 saturated carbocycles. The second-order valence-corrected chi connectivity index (χ2v) is 8.17. The van der Waals surface area contributed by atoms with Crippen LogP contribution < -0.4 is 0 Å². The van der Waals surface area contributed by atoms with Crippen molar-refractivity contribution in [1.82, 2.24) is 0 Å². The average molecular weight is 368 g/mol. The number of aliphatic hydroxyl groups is 2. The highest BCUT2D eigenvalue weighted by Gasteiger charge is 2.64. The van der Waals surface area contributed by atoms with Gasteiger partial charge in [0.05, 0.1) is 10.2 Å². The summed E-state index contributed by atoms with van der Waals surface area (Å²) in [7, 11) is 0. The van der Waals surface area contributed by atoms with Gasteiger partial charge in [-0.3, -0.25) is 9.59 Å². The van der Waals surface area contributed by atoms with Gasteiger partial charge in [-0.25, -0.2) is 0 Å². The second-order valence-electron chi connectivity index (χ2n) is 8.17. The van der Waals surface area contributed by atoms with E-state index in [1.807, 2.05) is 0 Å². The number of allylic oxidation sites excluding steroid dienone is 1. The number of aliphatic hydroxyl groups excluding tert-OH is 1. The molecule has 26 heavy (non-hydrogen) atoms. The molecule has 0 bridgehead atoms. The van der Waals surface area contributed by atoms with Crippen molar-refractivity contribution in [2.24, 2.45) is 34.5 Å². The highest BCUT2D eigenvalue weighted by atomic mass is 16.3. The summed E-state index contributed by atoms with van der Waals surface area (Å²) in [6.45, 7) is -1.86. The Labute approximate surface area is 165 Å². The Balaban J connectivity index is 1.90. The Kier molecular flexibility index (Phi) is 2.55. The fourth-order valence-electron chi connectivity index (χ4n) is 6.06. The van der Waals surface area contributed by atoms with Crippen LogP contribution in [0.1, 0.15) is 62.7 Å². The molecule has 0 aromatic carbocycles. The third-order valence-electron chi connectivity index (χ3n) is 7.13. The zero-order valence-electron chi connectivity index (χ0n) is 22.5. The quantitative estimate of drug-likeness (QED) is 0.742. The van der Waals surface area contributed by atoms with Gasteiger partial charge in [-0.1, -0.05) is 12.5 Å². The lowest BCUT2D eigenvalue weighted by molar-refractivity contribution is -0.157. The van der Waals surface area contributed by atoms with Gasteiger partial charge in [0.15, 0.2) is 11.6 Å². The molecular formula is C21H28O5. The van der Waals surface area contributed by atoms with Crippen molar-refractivity contribution < 1.29 is 35.6 Å². The lowest BCUT2D eigenvalue weighted by Gasteiger charge is -2.59. The molecule has 142 valence electrons. The minimum atomic E-state index is -3.38. The maximum atomic E-state index is 12.8. The first-order valence-corrected chi connectivity index (χ1v) is 8.98. The highest BCUT2D eigenvalue weighted by molar-refractivity contribution is 5.91. The van der Waals surface area contributed by atoms with Crippen molar-refractivity contribution in [2.75, 3.05) is 6.56 Å². The Bertz CT molecular complexity index is 1010. The standard InChI is InChI=1S/C21H28O5/c1-20-7-6-13(24)8-12(20)2-3-14-15-4-5-16(18(26)10-22)21(15,11-23)9-17(25)19(14)20/h8,11,14-17,19,22,25H,2-7,9-10H2,1H3/t14-,15-,16+,17-,19+,20-,21+/m0/s1/i2D2,6D2,8D,10D2,16D. The van der Waals surface area contributed by atoms with Crippen LogP contribution in [0.4, 0.5) is 0 Å². The summed E-state index contributed by atoms with van der Waals surface area (Å²) in [4.78, 5) is 37.8. The van der Waals surface area contributed by atoms with Gasteiger partial charge in [0, 0.05) is 24.5 Å². The van der Waals surface area contributed by atoms with E-state index in [9.17, 15) is 24.6 Å². The van der Waals surface area contributed by atoms with Crippen LogP contribution in [0.5, 0.6) is 0 Å². The van der Waals surface area contributed by atoms with E-state index in [-0.39, 0.29) is 24.8 Å². The van der Waals surface area contributed by atoms with Crippen molar-refractivity contribution in [1.29, 1.82) is 0 Å². The number of fused-ring (bicyclic) bond motifs is 5. The van der Waals surface area contributed by atoms with E-state index < -0.39 is 90.3 Å². The Morgan fingerprint density at radius 3 is 2.96 bits per heavy atom. The van der Waals surface area contributed by atoms with Crippen LogP contribution in [0, 0.1) is 34.5 Å². The van der Waals surface area contributed by atoms with Crippen LogP contribution >= 0.6 is 0 Å². The molecule has 0 amide bonds. The summed E-state index contributed by atoms with van der Waals surface area (Å²) in [5.74, 6) is -7.44. The summed E-state index contributed by atoms with van der Waals surface area (Å²) in [5.41, 5.74) is -3.48. The van der Waals surface area contributed by atoms with E-state index in [1.165, 1.54) is 6.92 Å². The molecule has 4 rings (SSSR count). The summed E-state index contributed by atoms with van der Waals surface area (Å²) in [6.07, 6.45) is -7.14. The zero-order valence-corrected chi connectivity index (χ0v) is 14.5. The van der Waals surface area contributed by atoms with Gasteiger partial charge >= 0.3 is 0 Å². The smallest absolute Gasteiger partial charge is 0.162 e. The molecule has 0 unspecified atom stereocenters. The largest absolute Gasteiger partial charge is 0.393 e. The third kappa shape index (κ3) is 2.26. The van der Waals surface area contributed by atoms with Gasteiger partial charge in [-0.05, 0) is 67.7 Å². The molecule has 0 spiro atoms. The molecule has 0 saturated heterocycles. The molecule has 4 aliphatic carbocycles. The van der Waals surface area contributed by atoms with Crippen LogP contribution in [0.3, 0.4) is 0 Å². The Hall–Kier alpha value is -1.33. The Morgan fingerprint density at radius 1 is 1.50 bits per heavy atom. The molecule has 3 fully saturated rings. The molecule has 0 heterocycles. The fraction of sp³-hybridized carbons (Fsp3) is 0.762. The number of rotatable bonds is 3. The van der Waals surface area contributed by atoms with Gasteiger partial charge in [0.1, 0.15) is 12.8 Å². The van der Waals surface area contributed by atoms with Gasteiger partial charge < -0.3 is 15.0 Å². The monoisotopic (exact) mass is 368 g/mol. The van der Waals surface area contributed by atoms with Crippen LogP contribution in [0.15, 0.2) is 11.6 Å². The number of hydrogen-bond donors (Lipinski definition) is 2. The first kappa shape index (κ1) is 10.9. The van der Waals surface area contributed by atoms with Crippen molar-refractivity contribution in [2.45, 2.75) is 57.9 Å². The first-order chi connectivity index (χ1) is 15.3. The molecular weight excluding hydrogens is 332 g/mol. The van der Waals surface area contributed by atoms with E-state index in [0.29, 0.717) is 6.29 Å². The van der Waals surface area contributed by atoms with Crippen LogP contribution in [-0.4, -0.2) is 40.7 Å². The van der Waals surface area contributed by atoms with Gasteiger partial charge in [0.2, 0.25) is 0 Å². The lowest BCUT2D eigenvalue weighted by Crippen LogP contribution is -2.58. The van der Waals surface area contributed by atoms with Crippen molar-refractivity contribution in [3.63, 3.8) is 0 Å². The fourth-order valence-corrected chi connectivity index (χ4v) is 6.06. The van der Waals surface area contributed by atoms with Crippen LogP contribution in [-0.2, 0) is 14.4 Å². The lowest BCUT2D eigenvalue weighted by atomic mass is 9.45. The van der Waals surface area contributed by atoms with E-state index in [4.69, 9.17) is 11.0 Å². The topological polar surface area (TPSA) is 91.7 Å². The van der Waals surface area contributed by atoms with Crippen molar-refractivity contribution in [3.05, 3.63) is 11.6 Å². The summed E-state index contributed by atoms with van der Waals surface area (Å²) < 4.78 is 65.8. The number of carbonyl (C=O) groups is 3. The normalized spacial score (nSPS) is 59.6. The van der Waals surface area contributed by atoms with E-state index in [2.05, 4.69) is 0 Å². The summed E-state index contributed by atoms with van der Waals surface area (Å²) in [6, 6.07) is -0.744. The van der Waals surface area contributed by atoms with Gasteiger partial charge in [0.25, 0.3) is 0 Å². The van der Waals surface area contributed by atoms with Crippen LogP contribution in [0.2, 0.25) is 0 Å². The maximum Gasteiger partial charge on any atom is 0.162 e. The zero-order chi connectivity index (χ0) is 25.9. The maximum absolute atomic E-state index is 12.8. The Morgan fingerprint density at radius 2 is 2.27 bits per heavy atom. The third-order valence-corrected chi connectivity index (χ3v) is 7.13. The van der Waals surface area contributed by atoms with Crippen LogP contribution in [0.25, 0.3) is 0 Å². The molecule has 5 heteroatoms. The number of carbonyl (C=O) groups excluding carboxylic acids is 3. The molecule has 0 aromatic heterocycles. The number of Topliss-reactive ketones (excluding diaryl/α,β-unsaturated/α-hetero) is 1. The molecule has 5 nitrogen and oxygen atoms in total. The highest BCUT2D eigenvalue weighted by Crippen LogP contribution is 2.66. The number of hydrogen-bond acceptors (Lipinski definition) is 5. The molecule has 4 aliphatic rings. The van der Waals surface area contributed by atoms with Crippen molar-refractivity contribution >= 4 is 17.9 Å². The van der Waals surface area contributed by atoms with E-state index in [0.717, 1.165) is 0 Å². The second kappa shape index (κ2) is 6.10. The summed E-state index contributed by atoms with van der Waals surface area (Å²) in [5, 5.41) is 21.1. The minimum absolute atomic E-state index is 0.0721. The van der Waals surface area contributed by atoms with E-state index >= 15 is 0 Å². The average Bonchev–Trinajstić information content (AvgIpc) is 2.97. The van der Waals surface area contributed by atoms with Gasteiger partial charge in [-0.2, -0.15) is 0 Å². The predicted octanol–water partition coefficient (Wildman–Crippen LogP) is 1.85. The summed E-state index contributed by atoms with van der Waals surface area (Å²) >= 11 is 0. The molecule has 0 aliphatic heterocycles. The first-order valence-electron chi connectivity index (χ1n) is 13.0.